The summed E-state index contributed by atoms with van der Waals surface area (Å²) in [6.45, 7) is 2.98. The highest BCUT2D eigenvalue weighted by atomic mass is 16.6. The van der Waals surface area contributed by atoms with Crippen molar-refractivity contribution in [2.24, 2.45) is 0 Å². The van der Waals surface area contributed by atoms with Crippen LogP contribution < -0.4 is 10.6 Å². The number of esters is 1. The predicted octanol–water partition coefficient (Wildman–Crippen LogP) is 0.860. The number of nitrogens with zero attached hydrogens (tertiary/aromatic N) is 1. The van der Waals surface area contributed by atoms with Crippen molar-refractivity contribution < 1.29 is 33.4 Å². The van der Waals surface area contributed by atoms with Crippen LogP contribution in [0, 0.1) is 0 Å². The maximum atomic E-state index is 13.0. The Balaban J connectivity index is 1.55. The standard InChI is InChI=1S/C21H25N3O7/c1-2-4-17(26)31-12-11-30-10-9-22-14-6-3-5-13-18(14)21(29)24(20(13)28)15-7-8-16(25)23-19(15)27/h3,5-6,15,22H,2,4,7-12H2,1H3,(H,23,25,27). The van der Waals surface area contributed by atoms with E-state index in [-0.39, 0.29) is 43.2 Å². The molecule has 1 saturated heterocycles. The highest BCUT2D eigenvalue weighted by molar-refractivity contribution is 6.25. The number of carbonyl (C=O) groups excluding carboxylic acids is 5. The third-order valence-electron chi connectivity index (χ3n) is 4.97. The lowest BCUT2D eigenvalue weighted by Gasteiger charge is -2.27. The number of rotatable bonds is 10. The quantitative estimate of drug-likeness (QED) is 0.317. The number of amides is 4. The van der Waals surface area contributed by atoms with Crippen molar-refractivity contribution in [1.29, 1.82) is 0 Å². The van der Waals surface area contributed by atoms with Gasteiger partial charge in [0.15, 0.2) is 0 Å². The van der Waals surface area contributed by atoms with E-state index in [1.165, 1.54) is 6.07 Å². The highest BCUT2D eigenvalue weighted by Gasteiger charge is 2.45. The lowest BCUT2D eigenvalue weighted by molar-refractivity contribution is -0.145. The molecular formula is C21H25N3O7. The second-order valence-electron chi connectivity index (χ2n) is 7.18. The van der Waals surface area contributed by atoms with Gasteiger partial charge < -0.3 is 14.8 Å². The molecule has 4 amide bonds. The molecule has 1 unspecified atom stereocenters. The number of nitrogens with one attached hydrogen (secondary N) is 2. The van der Waals surface area contributed by atoms with Crippen LogP contribution in [0.2, 0.25) is 0 Å². The summed E-state index contributed by atoms with van der Waals surface area (Å²) in [6.07, 6.45) is 1.28. The van der Waals surface area contributed by atoms with Crippen molar-refractivity contribution in [3.8, 4) is 0 Å². The average molecular weight is 431 g/mol. The van der Waals surface area contributed by atoms with E-state index in [4.69, 9.17) is 9.47 Å². The summed E-state index contributed by atoms with van der Waals surface area (Å²) in [7, 11) is 0. The van der Waals surface area contributed by atoms with Gasteiger partial charge in [-0.25, -0.2) is 0 Å². The molecule has 0 aromatic heterocycles. The van der Waals surface area contributed by atoms with E-state index >= 15 is 0 Å². The topological polar surface area (TPSA) is 131 Å². The lowest BCUT2D eigenvalue weighted by Crippen LogP contribution is -2.54. The SMILES string of the molecule is CCCC(=O)OCCOCCNc1cccc2c1C(=O)N(C1CCC(=O)NC1=O)C2=O. The highest BCUT2D eigenvalue weighted by Crippen LogP contribution is 2.32. The van der Waals surface area contributed by atoms with Crippen LogP contribution in [-0.2, 0) is 23.9 Å². The zero-order valence-corrected chi connectivity index (χ0v) is 17.3. The summed E-state index contributed by atoms with van der Waals surface area (Å²) in [5, 5.41) is 5.24. The second kappa shape index (κ2) is 10.2. The maximum absolute atomic E-state index is 13.0. The number of ether oxygens (including phenoxy) is 2. The largest absolute Gasteiger partial charge is 0.463 e. The molecule has 1 aromatic carbocycles. The van der Waals surface area contributed by atoms with E-state index < -0.39 is 29.7 Å². The van der Waals surface area contributed by atoms with Crippen LogP contribution in [0.4, 0.5) is 5.69 Å². The number of benzene rings is 1. The number of hydrogen-bond acceptors (Lipinski definition) is 8. The number of hydrogen-bond donors (Lipinski definition) is 2. The van der Waals surface area contributed by atoms with Crippen molar-refractivity contribution in [3.63, 3.8) is 0 Å². The van der Waals surface area contributed by atoms with Crippen molar-refractivity contribution in [1.82, 2.24) is 10.2 Å². The fourth-order valence-electron chi connectivity index (χ4n) is 3.51. The number of fused-ring (bicyclic) bond motifs is 1. The van der Waals surface area contributed by atoms with Gasteiger partial charge in [-0.05, 0) is 25.0 Å². The van der Waals surface area contributed by atoms with Gasteiger partial charge in [-0.2, -0.15) is 0 Å². The van der Waals surface area contributed by atoms with Crippen molar-refractivity contribution in [2.75, 3.05) is 31.7 Å². The van der Waals surface area contributed by atoms with Gasteiger partial charge in [-0.1, -0.05) is 13.0 Å². The van der Waals surface area contributed by atoms with Crippen molar-refractivity contribution in [2.45, 2.75) is 38.6 Å². The first kappa shape index (κ1) is 22.4. The van der Waals surface area contributed by atoms with Crippen LogP contribution in [0.3, 0.4) is 0 Å². The third kappa shape index (κ3) is 5.08. The van der Waals surface area contributed by atoms with E-state index in [9.17, 15) is 24.0 Å². The average Bonchev–Trinajstić information content (AvgIpc) is 2.99. The normalized spacial score (nSPS) is 18.1. The van der Waals surface area contributed by atoms with Gasteiger partial charge in [0.2, 0.25) is 11.8 Å². The first-order valence-corrected chi connectivity index (χ1v) is 10.3. The van der Waals surface area contributed by atoms with Crippen LogP contribution in [0.1, 0.15) is 53.3 Å². The Morgan fingerprint density at radius 2 is 1.97 bits per heavy atom. The van der Waals surface area contributed by atoms with Gasteiger partial charge in [-0.15, -0.1) is 0 Å². The summed E-state index contributed by atoms with van der Waals surface area (Å²) in [5.41, 5.74) is 0.873. The molecule has 31 heavy (non-hydrogen) atoms. The molecule has 1 aromatic rings. The molecule has 3 rings (SSSR count). The van der Waals surface area contributed by atoms with Crippen LogP contribution in [0.15, 0.2) is 18.2 Å². The van der Waals surface area contributed by atoms with Gasteiger partial charge in [0, 0.05) is 25.1 Å². The van der Waals surface area contributed by atoms with Crippen LogP contribution >= 0.6 is 0 Å². The van der Waals surface area contributed by atoms with E-state index in [0.29, 0.717) is 25.3 Å². The molecule has 166 valence electrons. The Hall–Kier alpha value is -3.27. The molecule has 1 fully saturated rings. The van der Waals surface area contributed by atoms with E-state index in [1.807, 2.05) is 6.92 Å². The molecule has 0 bridgehead atoms. The van der Waals surface area contributed by atoms with E-state index in [2.05, 4.69) is 10.6 Å². The summed E-state index contributed by atoms with van der Waals surface area (Å²) < 4.78 is 10.4. The minimum atomic E-state index is -1.00. The van der Waals surface area contributed by atoms with Gasteiger partial charge in [-0.3, -0.25) is 34.2 Å². The van der Waals surface area contributed by atoms with Gasteiger partial charge in [0.1, 0.15) is 12.6 Å². The summed E-state index contributed by atoms with van der Waals surface area (Å²) >= 11 is 0. The van der Waals surface area contributed by atoms with Gasteiger partial charge in [0.25, 0.3) is 11.8 Å². The maximum Gasteiger partial charge on any atom is 0.305 e. The summed E-state index contributed by atoms with van der Waals surface area (Å²) in [6, 6.07) is 3.85. The van der Waals surface area contributed by atoms with E-state index in [1.54, 1.807) is 12.1 Å². The molecule has 2 aliphatic rings. The van der Waals surface area contributed by atoms with Crippen molar-refractivity contribution in [3.05, 3.63) is 29.3 Å². The Bertz CT molecular complexity index is 899. The minimum Gasteiger partial charge on any atom is -0.463 e. The van der Waals surface area contributed by atoms with Gasteiger partial charge in [0.05, 0.1) is 24.3 Å². The van der Waals surface area contributed by atoms with E-state index in [0.717, 1.165) is 11.3 Å². The fraction of sp³-hybridized carbons (Fsp3) is 0.476. The number of imide groups is 2. The zero-order valence-electron chi connectivity index (χ0n) is 17.3. The monoisotopic (exact) mass is 431 g/mol. The Morgan fingerprint density at radius 3 is 2.71 bits per heavy atom. The first-order chi connectivity index (χ1) is 14.9. The number of piperidine rings is 1. The van der Waals surface area contributed by atoms with Crippen LogP contribution in [0.25, 0.3) is 0 Å². The molecule has 0 spiro atoms. The van der Waals surface area contributed by atoms with Crippen LogP contribution in [0.5, 0.6) is 0 Å². The molecule has 2 N–H and O–H groups in total. The third-order valence-corrected chi connectivity index (χ3v) is 4.97. The fourth-order valence-corrected chi connectivity index (χ4v) is 3.51. The molecule has 0 radical (unpaired) electrons. The second-order valence-corrected chi connectivity index (χ2v) is 7.18. The van der Waals surface area contributed by atoms with Crippen molar-refractivity contribution >= 4 is 35.3 Å². The van der Waals surface area contributed by atoms with Gasteiger partial charge >= 0.3 is 5.97 Å². The molecule has 1 atom stereocenters. The number of carbonyl (C=O) groups is 5. The number of anilines is 1. The Labute approximate surface area is 179 Å². The first-order valence-electron chi connectivity index (χ1n) is 10.3. The van der Waals surface area contributed by atoms with Crippen LogP contribution in [-0.4, -0.2) is 66.9 Å². The molecule has 2 heterocycles. The summed E-state index contributed by atoms with van der Waals surface area (Å²) in [4.78, 5) is 61.5. The zero-order chi connectivity index (χ0) is 22.4. The molecule has 0 saturated carbocycles. The molecule has 10 heteroatoms. The predicted molar refractivity (Wildman–Crippen MR) is 108 cm³/mol. The molecule has 2 aliphatic heterocycles. The minimum absolute atomic E-state index is 0.0695. The lowest BCUT2D eigenvalue weighted by atomic mass is 10.0. The smallest absolute Gasteiger partial charge is 0.305 e. The molecule has 10 nitrogen and oxygen atoms in total. The Morgan fingerprint density at radius 1 is 1.16 bits per heavy atom. The molecule has 0 aliphatic carbocycles. The summed E-state index contributed by atoms with van der Waals surface area (Å²) in [5.74, 6) is -2.44. The molecular weight excluding hydrogens is 406 g/mol. The Kier molecular flexibility index (Phi) is 7.35.